The van der Waals surface area contributed by atoms with Crippen molar-refractivity contribution < 1.29 is 4.74 Å². The van der Waals surface area contributed by atoms with Crippen molar-refractivity contribution in [1.82, 2.24) is 15.0 Å². The van der Waals surface area contributed by atoms with Crippen molar-refractivity contribution in [2.45, 2.75) is 94.8 Å². The fraction of sp³-hybridized carbons (Fsp3) is 0.426. The van der Waals surface area contributed by atoms with Gasteiger partial charge in [0, 0.05) is 16.7 Å². The van der Waals surface area contributed by atoms with Gasteiger partial charge in [-0.3, -0.25) is 4.90 Å². The monoisotopic (exact) mass is 776 g/mol. The molecule has 6 bridgehead atoms. The summed E-state index contributed by atoms with van der Waals surface area (Å²) in [5.74, 6) is 7.00. The first-order valence-corrected chi connectivity index (χ1v) is 22.8. The van der Waals surface area contributed by atoms with Gasteiger partial charge >= 0.3 is 0 Å². The number of fused-ring (bicyclic) bond motifs is 5. The van der Waals surface area contributed by atoms with E-state index in [2.05, 4.69) is 152 Å². The zero-order valence-corrected chi connectivity index (χ0v) is 34.6. The Bertz CT molecular complexity index is 2410. The highest BCUT2D eigenvalue weighted by atomic mass is 16.5. The molecule has 0 amide bonds. The molecule has 6 unspecified atom stereocenters. The molecule has 5 nitrogen and oxygen atoms in total. The highest BCUT2D eigenvalue weighted by molar-refractivity contribution is 5.74. The maximum absolute atomic E-state index is 8.81. The van der Waals surface area contributed by atoms with Crippen LogP contribution in [0.1, 0.15) is 83.6 Å². The minimum atomic E-state index is -0.537. The molecule has 0 saturated heterocycles. The topological polar surface area (TPSA) is 51.1 Å². The molecule has 1 aromatic heterocycles. The van der Waals surface area contributed by atoms with Crippen LogP contribution in [0.5, 0.6) is 0 Å². The molecule has 59 heavy (non-hydrogen) atoms. The van der Waals surface area contributed by atoms with Crippen LogP contribution >= 0.6 is 0 Å². The zero-order chi connectivity index (χ0) is 39.3. The van der Waals surface area contributed by atoms with Crippen LogP contribution in [0.3, 0.4) is 0 Å². The smallest absolute Gasteiger partial charge is 0.234 e. The third-order valence-electron chi connectivity index (χ3n) is 16.6. The normalized spacial score (nSPS) is 36.3. The highest BCUT2D eigenvalue weighted by Crippen LogP contribution is 2.71. The molecule has 3 spiro atoms. The van der Waals surface area contributed by atoms with Crippen molar-refractivity contribution in [2.75, 3.05) is 4.90 Å². The van der Waals surface area contributed by atoms with Gasteiger partial charge in [-0.25, -0.2) is 4.98 Å². The summed E-state index contributed by atoms with van der Waals surface area (Å²) in [4.78, 5) is 19.2. The van der Waals surface area contributed by atoms with Gasteiger partial charge in [0.1, 0.15) is 11.2 Å². The van der Waals surface area contributed by atoms with Crippen LogP contribution in [0.2, 0.25) is 0 Å². The lowest BCUT2D eigenvalue weighted by Gasteiger charge is -2.69. The molecule has 2 heterocycles. The van der Waals surface area contributed by atoms with E-state index in [1.165, 1.54) is 80.2 Å². The second kappa shape index (κ2) is 13.6. The van der Waals surface area contributed by atoms with Gasteiger partial charge in [0.05, 0.1) is 11.2 Å². The summed E-state index contributed by atoms with van der Waals surface area (Å²) in [7, 11) is 0. The molecule has 6 saturated carbocycles. The summed E-state index contributed by atoms with van der Waals surface area (Å²) in [5.41, 5.74) is 5.58. The van der Waals surface area contributed by atoms with E-state index in [-0.39, 0.29) is 0 Å². The Morgan fingerprint density at radius 1 is 0.542 bits per heavy atom. The van der Waals surface area contributed by atoms with Gasteiger partial charge in [-0.15, -0.1) is 0 Å². The number of aromatic nitrogens is 3. The van der Waals surface area contributed by atoms with Crippen molar-refractivity contribution in [3.05, 3.63) is 139 Å². The van der Waals surface area contributed by atoms with Gasteiger partial charge < -0.3 is 4.74 Å². The minimum Gasteiger partial charge on any atom is -0.360 e. The lowest BCUT2D eigenvalue weighted by molar-refractivity contribution is -0.315. The zero-order valence-electron chi connectivity index (χ0n) is 34.6. The number of hydrogen-bond acceptors (Lipinski definition) is 5. The second-order valence-electron chi connectivity index (χ2n) is 19.9. The number of rotatable bonds is 4. The van der Waals surface area contributed by atoms with Gasteiger partial charge in [-0.05, 0) is 129 Å². The van der Waals surface area contributed by atoms with E-state index in [0.29, 0.717) is 41.2 Å². The number of para-hydroxylation sites is 1. The molecule has 6 atom stereocenters. The molecule has 4 aromatic carbocycles. The molecule has 298 valence electrons. The van der Waals surface area contributed by atoms with Crippen molar-refractivity contribution in [3.8, 4) is 33.9 Å². The SMILES string of the molecule is CC1CC2CC(C)C3(OC4(C5CC6CC(C5)CC4C6)C4(C=CC=CC4)N(c4nc(-c5ccccc5)nc(-c5ccc(-c6ccccc6)cc5)n4)c4ccccc43)C(C1)C2. The molecule has 0 N–H and O–H groups in total. The lowest BCUT2D eigenvalue weighted by Crippen LogP contribution is -2.75. The summed E-state index contributed by atoms with van der Waals surface area (Å²) in [5, 5.41) is 0. The highest BCUT2D eigenvalue weighted by Gasteiger charge is 2.73. The van der Waals surface area contributed by atoms with E-state index in [0.717, 1.165) is 41.2 Å². The number of allylic oxidation sites excluding steroid dienone is 2. The van der Waals surface area contributed by atoms with Crippen LogP contribution in [0, 0.1) is 47.3 Å². The molecule has 7 aliphatic carbocycles. The molecule has 8 aliphatic rings. The Balaban J connectivity index is 1.13. The Hall–Kier alpha value is -4.87. The Labute approximate surface area is 350 Å². The van der Waals surface area contributed by atoms with Gasteiger partial charge in [-0.2, -0.15) is 9.97 Å². The van der Waals surface area contributed by atoms with E-state index in [9.17, 15) is 0 Å². The number of nitrogens with zero attached hydrogens (tertiary/aromatic N) is 4. The number of hydrogen-bond donors (Lipinski definition) is 0. The second-order valence-corrected chi connectivity index (χ2v) is 19.9. The Kier molecular flexibility index (Phi) is 8.29. The van der Waals surface area contributed by atoms with E-state index < -0.39 is 16.7 Å². The molecule has 6 fully saturated rings. The van der Waals surface area contributed by atoms with Gasteiger partial charge in [-0.1, -0.05) is 141 Å². The van der Waals surface area contributed by atoms with Crippen LogP contribution in [-0.4, -0.2) is 26.1 Å². The van der Waals surface area contributed by atoms with Crippen molar-refractivity contribution in [1.29, 1.82) is 0 Å². The van der Waals surface area contributed by atoms with Crippen LogP contribution < -0.4 is 4.90 Å². The van der Waals surface area contributed by atoms with Crippen molar-refractivity contribution in [2.24, 2.45) is 47.3 Å². The van der Waals surface area contributed by atoms with E-state index in [4.69, 9.17) is 19.7 Å². The van der Waals surface area contributed by atoms with E-state index in [1.54, 1.807) is 0 Å². The molecule has 0 radical (unpaired) electrons. The molecule has 13 rings (SSSR count). The summed E-state index contributed by atoms with van der Waals surface area (Å²) in [6.45, 7) is 5.07. The first kappa shape index (κ1) is 36.0. The van der Waals surface area contributed by atoms with Gasteiger partial charge in [0.2, 0.25) is 5.95 Å². The van der Waals surface area contributed by atoms with Gasteiger partial charge in [0.15, 0.2) is 11.6 Å². The third kappa shape index (κ3) is 5.35. The first-order valence-electron chi connectivity index (χ1n) is 22.8. The van der Waals surface area contributed by atoms with Crippen LogP contribution in [0.15, 0.2) is 133 Å². The summed E-state index contributed by atoms with van der Waals surface area (Å²) < 4.78 is 8.81. The van der Waals surface area contributed by atoms with Crippen molar-refractivity contribution in [3.63, 3.8) is 0 Å². The van der Waals surface area contributed by atoms with E-state index >= 15 is 0 Å². The number of benzene rings is 4. The fourth-order valence-electron chi connectivity index (χ4n) is 14.7. The maximum atomic E-state index is 8.81. The summed E-state index contributed by atoms with van der Waals surface area (Å²) in [6, 6.07) is 39.3. The van der Waals surface area contributed by atoms with E-state index in [1.807, 2.05) is 0 Å². The predicted octanol–water partition coefficient (Wildman–Crippen LogP) is 12.8. The van der Waals surface area contributed by atoms with Crippen molar-refractivity contribution >= 4 is 11.6 Å². The standard InChI is InChI=1S/C54H56N4O/c1-35-26-37-28-36(2)53(44(27-35)30-37)47-18-10-11-19-48(47)58(52(24-12-5-13-25-52)54(59-53)45-31-38-29-39(33-45)34-46(54)32-38)51-56-49(42-16-8-4-9-17-42)55-50(57-51)43-22-20-41(21-23-43)40-14-6-3-7-15-40/h3-24,35-39,44-46H,25-34H2,1-2H3. The van der Waals surface area contributed by atoms with Crippen LogP contribution in [0.25, 0.3) is 33.9 Å². The number of ether oxygens (including phenoxy) is 1. The Morgan fingerprint density at radius 3 is 1.80 bits per heavy atom. The average Bonchev–Trinajstić information content (AvgIpc) is 3.35. The van der Waals surface area contributed by atoms with Crippen LogP contribution in [-0.2, 0) is 10.3 Å². The molecular formula is C54H56N4O. The number of anilines is 2. The third-order valence-corrected chi connectivity index (χ3v) is 16.6. The average molecular weight is 777 g/mol. The largest absolute Gasteiger partial charge is 0.360 e. The van der Waals surface area contributed by atoms with Gasteiger partial charge in [0.25, 0.3) is 0 Å². The first-order chi connectivity index (χ1) is 28.9. The molecular weight excluding hydrogens is 721 g/mol. The predicted molar refractivity (Wildman–Crippen MR) is 237 cm³/mol. The molecule has 5 aromatic rings. The molecule has 5 heteroatoms. The Morgan fingerprint density at radius 2 is 1.12 bits per heavy atom. The minimum absolute atomic E-state index is 0.394. The molecule has 1 aliphatic heterocycles. The van der Waals surface area contributed by atoms with Crippen LogP contribution in [0.4, 0.5) is 11.6 Å². The lowest BCUT2D eigenvalue weighted by atomic mass is 9.44. The fourth-order valence-corrected chi connectivity index (χ4v) is 14.7. The quantitative estimate of drug-likeness (QED) is 0.182. The summed E-state index contributed by atoms with van der Waals surface area (Å²) >= 11 is 0. The summed E-state index contributed by atoms with van der Waals surface area (Å²) in [6.07, 6.45) is 21.9. The maximum Gasteiger partial charge on any atom is 0.234 e.